The van der Waals surface area contributed by atoms with Crippen molar-refractivity contribution in [2.45, 2.75) is 6.92 Å². The quantitative estimate of drug-likeness (QED) is 0.729. The molecule has 0 aliphatic rings. The molecule has 3 nitrogen and oxygen atoms in total. The van der Waals surface area contributed by atoms with Crippen LogP contribution >= 0.6 is 22.9 Å². The molecule has 1 N–H and O–H groups in total. The molecule has 20 heavy (non-hydrogen) atoms. The molecule has 0 aliphatic heterocycles. The van der Waals surface area contributed by atoms with E-state index in [1.807, 2.05) is 49.4 Å². The van der Waals surface area contributed by atoms with Crippen molar-refractivity contribution in [2.24, 2.45) is 0 Å². The van der Waals surface area contributed by atoms with Crippen LogP contribution in [0.3, 0.4) is 0 Å². The summed E-state index contributed by atoms with van der Waals surface area (Å²) in [4.78, 5) is 4.53. The molecule has 0 saturated carbocycles. The van der Waals surface area contributed by atoms with Crippen LogP contribution in [0, 0.1) is 0 Å². The number of ether oxygens (including phenoxy) is 1. The average molecular weight is 305 g/mol. The van der Waals surface area contributed by atoms with Gasteiger partial charge >= 0.3 is 0 Å². The van der Waals surface area contributed by atoms with Crippen LogP contribution in [0.5, 0.6) is 5.75 Å². The van der Waals surface area contributed by atoms with Gasteiger partial charge in [-0.25, -0.2) is 4.98 Å². The van der Waals surface area contributed by atoms with Crippen LogP contribution < -0.4 is 10.1 Å². The van der Waals surface area contributed by atoms with Crippen LogP contribution in [0.25, 0.3) is 10.2 Å². The van der Waals surface area contributed by atoms with E-state index in [4.69, 9.17) is 16.3 Å². The van der Waals surface area contributed by atoms with Gasteiger partial charge in [-0.2, -0.15) is 0 Å². The molecule has 0 aliphatic carbocycles. The van der Waals surface area contributed by atoms with Crippen molar-refractivity contribution in [3.05, 3.63) is 47.5 Å². The van der Waals surface area contributed by atoms with Gasteiger partial charge in [0.25, 0.3) is 0 Å². The van der Waals surface area contributed by atoms with E-state index in [1.54, 1.807) is 11.3 Å². The molecule has 0 bridgehead atoms. The predicted molar refractivity (Wildman–Crippen MR) is 85.5 cm³/mol. The van der Waals surface area contributed by atoms with E-state index < -0.39 is 0 Å². The van der Waals surface area contributed by atoms with Crippen molar-refractivity contribution in [3.63, 3.8) is 0 Å². The molecule has 1 aromatic heterocycles. The van der Waals surface area contributed by atoms with Gasteiger partial charge in [-0.05, 0) is 37.3 Å². The predicted octanol–water partition coefficient (Wildman–Crippen LogP) is 5.09. The summed E-state index contributed by atoms with van der Waals surface area (Å²) in [7, 11) is 0. The molecule has 0 atom stereocenters. The zero-order valence-electron chi connectivity index (χ0n) is 10.9. The number of anilines is 2. The van der Waals surface area contributed by atoms with Crippen molar-refractivity contribution in [1.82, 2.24) is 4.98 Å². The first-order valence-corrected chi connectivity index (χ1v) is 7.50. The minimum absolute atomic E-state index is 0.656. The lowest BCUT2D eigenvalue weighted by molar-refractivity contribution is 0.340. The molecule has 3 aromatic rings. The minimum Gasteiger partial charge on any atom is -0.494 e. The second kappa shape index (κ2) is 5.69. The average Bonchev–Trinajstić information content (AvgIpc) is 2.81. The number of aromatic nitrogens is 1. The smallest absolute Gasteiger partial charge is 0.188 e. The SMILES string of the molecule is CCOc1cccc(Nc2nc3ccc(Cl)cc3s2)c1. The van der Waals surface area contributed by atoms with Crippen LogP contribution in [0.2, 0.25) is 5.02 Å². The van der Waals surface area contributed by atoms with Gasteiger partial charge in [0.1, 0.15) is 5.75 Å². The third kappa shape index (κ3) is 2.86. The van der Waals surface area contributed by atoms with Gasteiger partial charge in [0.15, 0.2) is 5.13 Å². The van der Waals surface area contributed by atoms with E-state index in [9.17, 15) is 0 Å². The zero-order chi connectivity index (χ0) is 13.9. The van der Waals surface area contributed by atoms with Gasteiger partial charge in [-0.15, -0.1) is 0 Å². The Balaban J connectivity index is 1.87. The standard InChI is InChI=1S/C15H13ClN2OS/c1-2-19-12-5-3-4-11(9-12)17-15-18-13-7-6-10(16)8-14(13)20-15/h3-9H,2H2,1H3,(H,17,18). The molecule has 0 unspecified atom stereocenters. The normalized spacial score (nSPS) is 10.7. The van der Waals surface area contributed by atoms with Crippen LogP contribution in [0.1, 0.15) is 6.92 Å². The molecule has 0 fully saturated rings. The zero-order valence-corrected chi connectivity index (χ0v) is 12.5. The maximum atomic E-state index is 5.99. The molecule has 0 saturated heterocycles. The number of nitrogens with zero attached hydrogens (tertiary/aromatic N) is 1. The number of hydrogen-bond donors (Lipinski definition) is 1. The molecular weight excluding hydrogens is 292 g/mol. The molecule has 5 heteroatoms. The molecule has 0 spiro atoms. The van der Waals surface area contributed by atoms with Crippen molar-refractivity contribution < 1.29 is 4.74 Å². The van der Waals surface area contributed by atoms with Crippen molar-refractivity contribution in [1.29, 1.82) is 0 Å². The summed E-state index contributed by atoms with van der Waals surface area (Å²) >= 11 is 7.56. The minimum atomic E-state index is 0.656. The largest absolute Gasteiger partial charge is 0.494 e. The number of halogens is 1. The van der Waals surface area contributed by atoms with Gasteiger partial charge in [0.05, 0.1) is 16.8 Å². The highest BCUT2D eigenvalue weighted by Gasteiger charge is 2.05. The Kier molecular flexibility index (Phi) is 3.76. The van der Waals surface area contributed by atoms with Gasteiger partial charge in [-0.1, -0.05) is 29.0 Å². The first kappa shape index (κ1) is 13.2. The van der Waals surface area contributed by atoms with E-state index >= 15 is 0 Å². The number of nitrogens with one attached hydrogen (secondary N) is 1. The summed E-state index contributed by atoms with van der Waals surface area (Å²) in [6.45, 7) is 2.63. The molecule has 102 valence electrons. The third-order valence-electron chi connectivity index (χ3n) is 2.75. The fourth-order valence-electron chi connectivity index (χ4n) is 1.91. The monoisotopic (exact) mass is 304 g/mol. The van der Waals surface area contributed by atoms with Crippen LogP contribution in [-0.2, 0) is 0 Å². The number of rotatable bonds is 4. The Hall–Kier alpha value is -1.78. The molecule has 0 amide bonds. The van der Waals surface area contributed by atoms with E-state index in [-0.39, 0.29) is 0 Å². The second-order valence-electron chi connectivity index (χ2n) is 4.22. The van der Waals surface area contributed by atoms with E-state index in [2.05, 4.69) is 10.3 Å². The third-order valence-corrected chi connectivity index (χ3v) is 3.92. The van der Waals surface area contributed by atoms with Gasteiger partial charge in [0, 0.05) is 16.8 Å². The van der Waals surface area contributed by atoms with Crippen molar-refractivity contribution in [3.8, 4) is 5.75 Å². The van der Waals surface area contributed by atoms with Gasteiger partial charge in [0.2, 0.25) is 0 Å². The Bertz CT molecular complexity index is 742. The summed E-state index contributed by atoms with van der Waals surface area (Å²) in [5, 5.41) is 4.87. The number of benzene rings is 2. The summed E-state index contributed by atoms with van der Waals surface area (Å²) in [5.41, 5.74) is 1.91. The fraction of sp³-hybridized carbons (Fsp3) is 0.133. The highest BCUT2D eigenvalue weighted by atomic mass is 35.5. The lowest BCUT2D eigenvalue weighted by atomic mass is 10.3. The topological polar surface area (TPSA) is 34.1 Å². The Morgan fingerprint density at radius 3 is 3.00 bits per heavy atom. The summed E-state index contributed by atoms with van der Waals surface area (Å²) in [6.07, 6.45) is 0. The number of hydrogen-bond acceptors (Lipinski definition) is 4. The first-order chi connectivity index (χ1) is 9.74. The van der Waals surface area contributed by atoms with Crippen LogP contribution in [0.15, 0.2) is 42.5 Å². The highest BCUT2D eigenvalue weighted by Crippen LogP contribution is 2.30. The Labute approximate surface area is 126 Å². The molecule has 2 aromatic carbocycles. The summed E-state index contributed by atoms with van der Waals surface area (Å²) in [6, 6.07) is 13.5. The van der Waals surface area contributed by atoms with E-state index in [0.29, 0.717) is 6.61 Å². The number of fused-ring (bicyclic) bond motifs is 1. The lowest BCUT2D eigenvalue weighted by Crippen LogP contribution is -1.93. The van der Waals surface area contributed by atoms with E-state index in [0.717, 1.165) is 31.8 Å². The molecule has 3 rings (SSSR count). The maximum absolute atomic E-state index is 5.99. The number of thiazole rings is 1. The Morgan fingerprint density at radius 2 is 2.15 bits per heavy atom. The lowest BCUT2D eigenvalue weighted by Gasteiger charge is -2.06. The van der Waals surface area contributed by atoms with Crippen LogP contribution in [0.4, 0.5) is 10.8 Å². The second-order valence-corrected chi connectivity index (χ2v) is 5.68. The van der Waals surface area contributed by atoms with E-state index in [1.165, 1.54) is 0 Å². The maximum Gasteiger partial charge on any atom is 0.188 e. The Morgan fingerprint density at radius 1 is 1.25 bits per heavy atom. The highest BCUT2D eigenvalue weighted by molar-refractivity contribution is 7.22. The molecule has 0 radical (unpaired) electrons. The molecular formula is C15H13ClN2OS. The molecule has 1 heterocycles. The fourth-order valence-corrected chi connectivity index (χ4v) is 3.07. The van der Waals surface area contributed by atoms with Gasteiger partial charge < -0.3 is 10.1 Å². The van der Waals surface area contributed by atoms with Gasteiger partial charge in [-0.3, -0.25) is 0 Å². The summed E-state index contributed by atoms with van der Waals surface area (Å²) in [5.74, 6) is 0.849. The van der Waals surface area contributed by atoms with Crippen molar-refractivity contribution in [2.75, 3.05) is 11.9 Å². The first-order valence-electron chi connectivity index (χ1n) is 6.30. The van der Waals surface area contributed by atoms with Crippen molar-refractivity contribution >= 4 is 44.0 Å². The van der Waals surface area contributed by atoms with Crippen LogP contribution in [-0.4, -0.2) is 11.6 Å². The summed E-state index contributed by atoms with van der Waals surface area (Å²) < 4.78 is 6.55.